The molecule has 0 unspecified atom stereocenters. The van der Waals surface area contributed by atoms with Crippen LogP contribution in [0.15, 0.2) is 36.5 Å². The lowest BCUT2D eigenvalue weighted by atomic mass is 10.1. The Morgan fingerprint density at radius 2 is 1.77 bits per heavy atom. The first-order valence-electron chi connectivity index (χ1n) is 13.3. The predicted octanol–water partition coefficient (Wildman–Crippen LogP) is 3.19. The molecule has 0 aromatic carbocycles. The Balaban J connectivity index is 1.00. The molecule has 1 aliphatic heterocycles. The van der Waals surface area contributed by atoms with Crippen LogP contribution in [0.3, 0.4) is 0 Å². The predicted molar refractivity (Wildman–Crippen MR) is 149 cm³/mol. The van der Waals surface area contributed by atoms with Crippen molar-refractivity contribution in [3.63, 3.8) is 0 Å². The second kappa shape index (κ2) is 13.2. The second-order valence-electron chi connectivity index (χ2n) is 9.56. The van der Waals surface area contributed by atoms with E-state index >= 15 is 0 Å². The van der Waals surface area contributed by atoms with Gasteiger partial charge in [0.15, 0.2) is 5.82 Å². The zero-order chi connectivity index (χ0) is 27.7. The first-order chi connectivity index (χ1) is 19.5. The first-order valence-corrected chi connectivity index (χ1v) is 14.1. The van der Waals surface area contributed by atoms with Crippen LogP contribution < -0.4 is 15.4 Å². The number of amides is 2. The molecule has 2 amide bonds. The van der Waals surface area contributed by atoms with Gasteiger partial charge in [0.1, 0.15) is 10.8 Å². The number of rotatable bonds is 12. The Bertz CT molecular complexity index is 1430. The van der Waals surface area contributed by atoms with Gasteiger partial charge < -0.3 is 15.4 Å². The van der Waals surface area contributed by atoms with Crippen molar-refractivity contribution in [1.29, 1.82) is 0 Å². The fourth-order valence-corrected chi connectivity index (χ4v) is 5.27. The number of fused-ring (bicyclic) bond motifs is 1. The average molecular weight is 562 g/mol. The summed E-state index contributed by atoms with van der Waals surface area (Å²) in [5.41, 5.74) is 3.46. The summed E-state index contributed by atoms with van der Waals surface area (Å²) in [5.74, 6) is 0.691. The number of methoxy groups -OCH3 is 1. The van der Waals surface area contributed by atoms with E-state index in [0.717, 1.165) is 61.5 Å². The molecule has 0 bridgehead atoms. The van der Waals surface area contributed by atoms with E-state index in [2.05, 4.69) is 41.1 Å². The van der Waals surface area contributed by atoms with Crippen LogP contribution >= 0.6 is 11.3 Å². The van der Waals surface area contributed by atoms with Gasteiger partial charge in [-0.15, -0.1) is 15.3 Å². The summed E-state index contributed by atoms with van der Waals surface area (Å²) in [5, 5.41) is 28.2. The minimum Gasteiger partial charge on any atom is -0.497 e. The number of hydrogen-bond donors (Lipinski definition) is 2. The highest BCUT2D eigenvalue weighted by atomic mass is 32.1. The molecule has 0 atom stereocenters. The number of nitrogens with zero attached hydrogens (tertiary/aromatic N) is 7. The van der Waals surface area contributed by atoms with Gasteiger partial charge >= 0.3 is 0 Å². The maximum absolute atomic E-state index is 12.4. The normalized spacial score (nSPS) is 12.5. The highest BCUT2D eigenvalue weighted by Crippen LogP contribution is 2.19. The van der Waals surface area contributed by atoms with Crippen LogP contribution in [-0.4, -0.2) is 54.1 Å². The van der Waals surface area contributed by atoms with Crippen LogP contribution in [0, 0.1) is 0 Å². The van der Waals surface area contributed by atoms with Crippen molar-refractivity contribution in [1.82, 2.24) is 35.2 Å². The van der Waals surface area contributed by atoms with E-state index in [4.69, 9.17) is 4.74 Å². The Kier molecular flexibility index (Phi) is 9.01. The molecule has 208 valence electrons. The van der Waals surface area contributed by atoms with Crippen LogP contribution in [0.2, 0.25) is 0 Å². The number of pyridine rings is 1. The number of unbranched alkanes of at least 4 members (excludes halogenated alkanes) is 1. The van der Waals surface area contributed by atoms with Crippen LogP contribution in [0.25, 0.3) is 0 Å². The Labute approximate surface area is 235 Å². The molecule has 4 aromatic heterocycles. The van der Waals surface area contributed by atoms with Crippen molar-refractivity contribution < 1.29 is 14.3 Å². The minimum absolute atomic E-state index is 0.115. The maximum atomic E-state index is 12.4. The summed E-state index contributed by atoms with van der Waals surface area (Å²) in [6.45, 7) is 0.927. The van der Waals surface area contributed by atoms with Gasteiger partial charge in [0.25, 0.3) is 0 Å². The van der Waals surface area contributed by atoms with E-state index in [9.17, 15) is 9.59 Å². The van der Waals surface area contributed by atoms with Gasteiger partial charge in [-0.2, -0.15) is 10.2 Å². The number of aryl methyl sites for hydroxylation is 4. The topological polar surface area (TPSA) is 150 Å². The number of carbonyl (C=O) groups is 2. The van der Waals surface area contributed by atoms with E-state index in [1.807, 2.05) is 16.8 Å². The molecular formula is C27H31N9O3S. The van der Waals surface area contributed by atoms with E-state index in [-0.39, 0.29) is 24.7 Å². The zero-order valence-electron chi connectivity index (χ0n) is 22.3. The van der Waals surface area contributed by atoms with E-state index in [1.165, 1.54) is 23.5 Å². The first kappa shape index (κ1) is 27.3. The van der Waals surface area contributed by atoms with Gasteiger partial charge in [-0.1, -0.05) is 11.3 Å². The molecule has 40 heavy (non-hydrogen) atoms. The largest absolute Gasteiger partial charge is 0.497 e. The minimum atomic E-state index is -0.226. The van der Waals surface area contributed by atoms with Crippen molar-refractivity contribution in [3.05, 3.63) is 64.3 Å². The van der Waals surface area contributed by atoms with Crippen molar-refractivity contribution in [2.24, 2.45) is 0 Å². The van der Waals surface area contributed by atoms with Gasteiger partial charge in [-0.3, -0.25) is 19.3 Å². The lowest BCUT2D eigenvalue weighted by Crippen LogP contribution is -2.16. The fourth-order valence-electron chi connectivity index (χ4n) is 4.47. The van der Waals surface area contributed by atoms with Crippen LogP contribution in [0.1, 0.15) is 53.5 Å². The van der Waals surface area contributed by atoms with Crippen LogP contribution in [0.4, 0.5) is 10.9 Å². The molecule has 0 aliphatic carbocycles. The summed E-state index contributed by atoms with van der Waals surface area (Å²) < 4.78 is 7.17. The van der Waals surface area contributed by atoms with Crippen molar-refractivity contribution in [3.8, 4) is 5.75 Å². The van der Waals surface area contributed by atoms with Crippen LogP contribution in [-0.2, 0) is 48.2 Å². The molecule has 1 aliphatic rings. The lowest BCUT2D eigenvalue weighted by molar-refractivity contribution is -0.116. The van der Waals surface area contributed by atoms with Crippen molar-refractivity contribution in [2.45, 2.75) is 64.3 Å². The highest BCUT2D eigenvalue weighted by molar-refractivity contribution is 7.15. The smallest absolute Gasteiger partial charge is 0.232 e. The SMILES string of the molecule is COc1ccnc(CC(=O)Nc2ccc(CCCCc3nnc(NC(=O)Cc4cc5n(n4)CCCC5)s3)nn2)c1. The average Bonchev–Trinajstić information content (AvgIpc) is 3.58. The molecule has 4 aromatic rings. The summed E-state index contributed by atoms with van der Waals surface area (Å²) in [7, 11) is 1.57. The summed E-state index contributed by atoms with van der Waals surface area (Å²) >= 11 is 1.40. The van der Waals surface area contributed by atoms with Gasteiger partial charge in [0.05, 0.1) is 37.0 Å². The third kappa shape index (κ3) is 7.65. The molecule has 0 radical (unpaired) electrons. The zero-order valence-corrected chi connectivity index (χ0v) is 23.1. The quantitative estimate of drug-likeness (QED) is 0.249. The Morgan fingerprint density at radius 1 is 0.925 bits per heavy atom. The molecule has 5 heterocycles. The number of ether oxygens (including phenoxy) is 1. The fraction of sp³-hybridized carbons (Fsp3) is 0.407. The lowest BCUT2D eigenvalue weighted by Gasteiger charge is -2.11. The van der Waals surface area contributed by atoms with Crippen molar-refractivity contribution in [2.75, 3.05) is 17.7 Å². The summed E-state index contributed by atoms with van der Waals surface area (Å²) in [4.78, 5) is 28.9. The molecule has 0 fully saturated rings. The third-order valence-electron chi connectivity index (χ3n) is 6.45. The molecule has 12 nitrogen and oxygen atoms in total. The van der Waals surface area contributed by atoms with Crippen molar-refractivity contribution >= 4 is 34.1 Å². The monoisotopic (exact) mass is 561 g/mol. The molecule has 13 heteroatoms. The highest BCUT2D eigenvalue weighted by Gasteiger charge is 2.15. The summed E-state index contributed by atoms with van der Waals surface area (Å²) in [6, 6.07) is 9.09. The van der Waals surface area contributed by atoms with Gasteiger partial charge in [0, 0.05) is 30.9 Å². The molecule has 0 saturated heterocycles. The van der Waals surface area contributed by atoms with Crippen LogP contribution in [0.5, 0.6) is 5.75 Å². The van der Waals surface area contributed by atoms with E-state index < -0.39 is 0 Å². The van der Waals surface area contributed by atoms with E-state index in [1.54, 1.807) is 31.5 Å². The molecule has 0 saturated carbocycles. The number of hydrogen-bond acceptors (Lipinski definition) is 10. The summed E-state index contributed by atoms with van der Waals surface area (Å²) in [6.07, 6.45) is 8.60. The van der Waals surface area contributed by atoms with E-state index in [0.29, 0.717) is 22.4 Å². The molecule has 0 spiro atoms. The van der Waals surface area contributed by atoms with Gasteiger partial charge in [-0.25, -0.2) is 0 Å². The number of aromatic nitrogens is 7. The number of anilines is 2. The Morgan fingerprint density at radius 3 is 2.60 bits per heavy atom. The third-order valence-corrected chi connectivity index (χ3v) is 7.35. The Hall–Kier alpha value is -4.26. The molecule has 5 rings (SSSR count). The molecule has 2 N–H and O–H groups in total. The standard InChI is InChI=1S/C27H31N9O3S/c1-39-22-11-12-28-19(15-22)16-24(37)29-23-10-9-18(31-32-23)6-2-3-8-26-33-34-27(40-26)30-25(38)17-20-14-21-7-4-5-13-36(21)35-20/h9-12,14-15H,2-8,13,16-17H2,1H3,(H,29,32,37)(H,30,34,38). The van der Waals surface area contributed by atoms with Gasteiger partial charge in [-0.05, 0) is 62.8 Å². The van der Waals surface area contributed by atoms with Gasteiger partial charge in [0.2, 0.25) is 16.9 Å². The second-order valence-corrected chi connectivity index (χ2v) is 10.6. The number of nitrogens with one attached hydrogen (secondary N) is 2. The number of carbonyl (C=O) groups excluding carboxylic acids is 2. The molecular weight excluding hydrogens is 530 g/mol. The maximum Gasteiger partial charge on any atom is 0.232 e.